The molecule has 20 heavy (non-hydrogen) atoms. The van der Waals surface area contributed by atoms with Gasteiger partial charge in [-0.3, -0.25) is 0 Å². The molecule has 6 heteroatoms. The van der Waals surface area contributed by atoms with E-state index in [2.05, 4.69) is 9.97 Å². The molecule has 1 aliphatic rings. The molecule has 0 amide bonds. The molecule has 2 rings (SSSR count). The number of aromatic nitrogens is 2. The van der Waals surface area contributed by atoms with Gasteiger partial charge in [-0.15, -0.1) is 0 Å². The fraction of sp³-hybridized carbons (Fsp3) is 0.714. The molecule has 1 aromatic rings. The van der Waals surface area contributed by atoms with E-state index in [1.165, 1.54) is 0 Å². The lowest BCUT2D eigenvalue weighted by atomic mass is 9.79. The van der Waals surface area contributed by atoms with Gasteiger partial charge in [0.1, 0.15) is 5.60 Å². The van der Waals surface area contributed by atoms with Gasteiger partial charge in [0.05, 0.1) is 11.2 Å². The summed E-state index contributed by atoms with van der Waals surface area (Å²) >= 11 is 0. The fourth-order valence-corrected chi connectivity index (χ4v) is 1.97. The Morgan fingerprint density at radius 1 is 1.15 bits per heavy atom. The average molecular weight is 278 g/mol. The minimum atomic E-state index is -1.06. The van der Waals surface area contributed by atoms with Gasteiger partial charge in [-0.05, 0) is 48.5 Å². The van der Waals surface area contributed by atoms with Crippen LogP contribution in [0.1, 0.15) is 53.1 Å². The molecule has 0 spiro atoms. The van der Waals surface area contributed by atoms with Crippen LogP contribution in [0.3, 0.4) is 0 Å². The molecule has 5 nitrogen and oxygen atoms in total. The normalized spacial score (nSPS) is 21.3. The second-order valence-electron chi connectivity index (χ2n) is 6.88. The van der Waals surface area contributed by atoms with Crippen LogP contribution in [-0.4, -0.2) is 33.4 Å². The summed E-state index contributed by atoms with van der Waals surface area (Å²) in [5, 5.41) is 9.95. The summed E-state index contributed by atoms with van der Waals surface area (Å²) in [6.45, 7) is 13.2. The van der Waals surface area contributed by atoms with E-state index in [0.29, 0.717) is 5.82 Å². The predicted molar refractivity (Wildman–Crippen MR) is 77.7 cm³/mol. The smallest absolute Gasteiger partial charge is 0.399 e. The molecule has 1 aliphatic heterocycles. The van der Waals surface area contributed by atoms with Gasteiger partial charge in [0.2, 0.25) is 0 Å². The van der Waals surface area contributed by atoms with E-state index < -0.39 is 12.7 Å². The van der Waals surface area contributed by atoms with E-state index in [1.54, 1.807) is 20.0 Å². The number of hydrogen-bond donors (Lipinski definition) is 1. The van der Waals surface area contributed by atoms with Crippen molar-refractivity contribution in [2.45, 2.75) is 65.3 Å². The van der Waals surface area contributed by atoms with Crippen LogP contribution < -0.4 is 5.46 Å². The SMILES string of the molecule is Cc1nc(C(C)(C)O)ncc1B1OC(C)(C)C(C)(C)O1. The van der Waals surface area contributed by atoms with Crippen molar-refractivity contribution in [3.05, 3.63) is 17.7 Å². The van der Waals surface area contributed by atoms with Crippen LogP contribution in [0, 0.1) is 6.92 Å². The van der Waals surface area contributed by atoms with E-state index in [0.717, 1.165) is 11.2 Å². The minimum absolute atomic E-state index is 0.390. The van der Waals surface area contributed by atoms with E-state index in [4.69, 9.17) is 9.31 Å². The Balaban J connectivity index is 2.33. The second-order valence-corrected chi connectivity index (χ2v) is 6.88. The summed E-state index contributed by atoms with van der Waals surface area (Å²) in [5.41, 5.74) is -0.274. The van der Waals surface area contributed by atoms with Crippen molar-refractivity contribution in [2.75, 3.05) is 0 Å². The Kier molecular flexibility index (Phi) is 3.48. The quantitative estimate of drug-likeness (QED) is 0.826. The van der Waals surface area contributed by atoms with Gasteiger partial charge < -0.3 is 14.4 Å². The van der Waals surface area contributed by atoms with Crippen molar-refractivity contribution >= 4 is 12.6 Å². The maximum absolute atomic E-state index is 9.95. The first-order valence-corrected chi connectivity index (χ1v) is 6.86. The van der Waals surface area contributed by atoms with Crippen LogP contribution in [0.5, 0.6) is 0 Å². The highest BCUT2D eigenvalue weighted by atomic mass is 16.7. The standard InChI is InChI=1S/C14H23BN2O3/c1-9-10(8-16-11(17-9)12(2,3)18)15-19-13(4,5)14(6,7)20-15/h8,18H,1-7H3. The number of hydrogen-bond acceptors (Lipinski definition) is 5. The van der Waals surface area contributed by atoms with Gasteiger partial charge >= 0.3 is 7.12 Å². The van der Waals surface area contributed by atoms with Crippen LogP contribution in [0.4, 0.5) is 0 Å². The Morgan fingerprint density at radius 3 is 2.05 bits per heavy atom. The number of aliphatic hydroxyl groups is 1. The molecule has 1 N–H and O–H groups in total. The number of aryl methyl sites for hydroxylation is 1. The summed E-state index contributed by atoms with van der Waals surface area (Å²) < 4.78 is 12.0. The molecule has 0 radical (unpaired) electrons. The maximum atomic E-state index is 9.95. The molecule has 0 unspecified atom stereocenters. The first-order chi connectivity index (χ1) is 8.94. The minimum Gasteiger partial charge on any atom is -0.399 e. The fourth-order valence-electron chi connectivity index (χ4n) is 1.97. The molecule has 2 heterocycles. The van der Waals surface area contributed by atoms with Gasteiger partial charge in [0, 0.05) is 17.4 Å². The van der Waals surface area contributed by atoms with E-state index in [9.17, 15) is 5.11 Å². The molecule has 0 aliphatic carbocycles. The molecule has 0 atom stereocenters. The molecule has 110 valence electrons. The van der Waals surface area contributed by atoms with Crippen LogP contribution >= 0.6 is 0 Å². The zero-order chi connectivity index (χ0) is 15.3. The van der Waals surface area contributed by atoms with Gasteiger partial charge in [-0.1, -0.05) is 0 Å². The van der Waals surface area contributed by atoms with E-state index in [-0.39, 0.29) is 11.2 Å². The van der Waals surface area contributed by atoms with E-state index in [1.807, 2.05) is 34.6 Å². The predicted octanol–water partition coefficient (Wildman–Crippen LogP) is 1.31. The topological polar surface area (TPSA) is 64.5 Å². The Morgan fingerprint density at radius 2 is 1.65 bits per heavy atom. The molecule has 0 saturated carbocycles. The molecule has 0 aromatic carbocycles. The number of nitrogens with zero attached hydrogens (tertiary/aromatic N) is 2. The molecule has 0 bridgehead atoms. The van der Waals surface area contributed by atoms with Crippen molar-refractivity contribution in [3.8, 4) is 0 Å². The molecule has 1 aromatic heterocycles. The molecular weight excluding hydrogens is 255 g/mol. The molecule has 1 fully saturated rings. The lowest BCUT2D eigenvalue weighted by Crippen LogP contribution is -2.41. The average Bonchev–Trinajstić information content (AvgIpc) is 2.46. The van der Waals surface area contributed by atoms with Crippen molar-refractivity contribution in [1.29, 1.82) is 0 Å². The van der Waals surface area contributed by atoms with E-state index >= 15 is 0 Å². The summed E-state index contributed by atoms with van der Waals surface area (Å²) in [4.78, 5) is 8.59. The third-order valence-electron chi connectivity index (χ3n) is 4.07. The van der Waals surface area contributed by atoms with Crippen molar-refractivity contribution in [3.63, 3.8) is 0 Å². The lowest BCUT2D eigenvalue weighted by molar-refractivity contribution is 0.00578. The van der Waals surface area contributed by atoms with Gasteiger partial charge in [-0.2, -0.15) is 0 Å². The van der Waals surface area contributed by atoms with Crippen LogP contribution in [0.2, 0.25) is 0 Å². The lowest BCUT2D eigenvalue weighted by Gasteiger charge is -2.32. The maximum Gasteiger partial charge on any atom is 0.498 e. The summed E-state index contributed by atoms with van der Waals surface area (Å²) in [6.07, 6.45) is 1.68. The van der Waals surface area contributed by atoms with Crippen molar-refractivity contribution in [2.24, 2.45) is 0 Å². The van der Waals surface area contributed by atoms with Crippen LogP contribution in [0.15, 0.2) is 6.20 Å². The highest BCUT2D eigenvalue weighted by Crippen LogP contribution is 2.36. The Hall–Kier alpha value is -0.975. The zero-order valence-corrected chi connectivity index (χ0v) is 13.3. The van der Waals surface area contributed by atoms with Crippen molar-refractivity contribution in [1.82, 2.24) is 9.97 Å². The molecule has 1 saturated heterocycles. The summed E-state index contributed by atoms with van der Waals surface area (Å²) in [5.74, 6) is 0.398. The first-order valence-electron chi connectivity index (χ1n) is 6.86. The van der Waals surface area contributed by atoms with Crippen LogP contribution in [0.25, 0.3) is 0 Å². The number of rotatable bonds is 2. The monoisotopic (exact) mass is 278 g/mol. The van der Waals surface area contributed by atoms with Crippen molar-refractivity contribution < 1.29 is 14.4 Å². The second kappa shape index (κ2) is 4.51. The summed E-state index contributed by atoms with van der Waals surface area (Å²) in [6, 6.07) is 0. The largest absolute Gasteiger partial charge is 0.498 e. The van der Waals surface area contributed by atoms with Gasteiger partial charge in [0.15, 0.2) is 5.82 Å². The highest BCUT2D eigenvalue weighted by molar-refractivity contribution is 6.62. The third-order valence-corrected chi connectivity index (χ3v) is 4.07. The Labute approximate surface area is 120 Å². The van der Waals surface area contributed by atoms with Crippen LogP contribution in [-0.2, 0) is 14.9 Å². The van der Waals surface area contributed by atoms with Gasteiger partial charge in [-0.25, -0.2) is 9.97 Å². The third kappa shape index (κ3) is 2.60. The van der Waals surface area contributed by atoms with Gasteiger partial charge in [0.25, 0.3) is 0 Å². The first kappa shape index (κ1) is 15.4. The highest BCUT2D eigenvalue weighted by Gasteiger charge is 2.52. The Bertz CT molecular complexity index is 508. The summed E-state index contributed by atoms with van der Waals surface area (Å²) in [7, 11) is -0.476. The molecular formula is C14H23BN2O3. The zero-order valence-electron chi connectivity index (χ0n) is 13.3.